The Labute approximate surface area is 145 Å². The molecule has 0 aliphatic carbocycles. The van der Waals surface area contributed by atoms with Crippen LogP contribution in [0.3, 0.4) is 0 Å². The Morgan fingerprint density at radius 3 is 2.75 bits per heavy atom. The number of thiazole rings is 1. The van der Waals surface area contributed by atoms with Crippen LogP contribution in [-0.4, -0.2) is 23.5 Å². The average Bonchev–Trinajstić information content (AvgIpc) is 2.91. The summed E-state index contributed by atoms with van der Waals surface area (Å²) in [6.07, 6.45) is 0.830. The Morgan fingerprint density at radius 1 is 1.33 bits per heavy atom. The van der Waals surface area contributed by atoms with Crippen LogP contribution in [0.4, 0.5) is 4.79 Å². The van der Waals surface area contributed by atoms with Gasteiger partial charge in [0.25, 0.3) is 0 Å². The van der Waals surface area contributed by atoms with Gasteiger partial charge in [0, 0.05) is 18.3 Å². The second-order valence-electron chi connectivity index (χ2n) is 5.64. The Bertz CT molecular complexity index is 714. The average molecular weight is 346 g/mol. The van der Waals surface area contributed by atoms with Gasteiger partial charge in [-0.2, -0.15) is 0 Å². The molecule has 1 aromatic heterocycles. The lowest BCUT2D eigenvalue weighted by Crippen LogP contribution is -2.37. The molecule has 2 aromatic rings. The minimum atomic E-state index is -0.646. The maximum absolute atomic E-state index is 12.2. The van der Waals surface area contributed by atoms with Crippen molar-refractivity contribution in [2.75, 3.05) is 6.54 Å². The predicted octanol–water partition coefficient (Wildman–Crippen LogP) is 2.22. The fourth-order valence-electron chi connectivity index (χ4n) is 2.42. The summed E-state index contributed by atoms with van der Waals surface area (Å²) in [5, 5.41) is 8.50. The maximum Gasteiger partial charge on any atom is 0.312 e. The summed E-state index contributed by atoms with van der Waals surface area (Å²) < 4.78 is 0. The first-order valence-electron chi connectivity index (χ1n) is 7.74. The summed E-state index contributed by atoms with van der Waals surface area (Å²) in [5.74, 6) is -0.137. The van der Waals surface area contributed by atoms with Gasteiger partial charge in [0.05, 0.1) is 23.2 Å². The number of nitrogens with two attached hydrogens (primary N) is 1. The van der Waals surface area contributed by atoms with Gasteiger partial charge in [-0.3, -0.25) is 4.79 Å². The number of hydrogen-bond donors (Lipinski definition) is 3. The number of urea groups is 1. The van der Waals surface area contributed by atoms with E-state index in [4.69, 9.17) is 5.73 Å². The number of amides is 3. The van der Waals surface area contributed by atoms with Crippen molar-refractivity contribution >= 4 is 23.3 Å². The monoisotopic (exact) mass is 346 g/mol. The molecule has 1 heterocycles. The molecule has 24 heavy (non-hydrogen) atoms. The van der Waals surface area contributed by atoms with Crippen molar-refractivity contribution in [1.29, 1.82) is 0 Å². The second-order valence-corrected chi connectivity index (χ2v) is 6.70. The Kier molecular flexibility index (Phi) is 6.31. The molecule has 0 saturated carbocycles. The first-order valence-corrected chi connectivity index (χ1v) is 8.62. The topological polar surface area (TPSA) is 97.1 Å². The third-order valence-electron chi connectivity index (χ3n) is 3.52. The number of hydrogen-bond acceptors (Lipinski definition) is 4. The zero-order valence-electron chi connectivity index (χ0n) is 13.8. The molecule has 128 valence electrons. The smallest absolute Gasteiger partial charge is 0.312 e. The van der Waals surface area contributed by atoms with Gasteiger partial charge in [-0.1, -0.05) is 29.8 Å². The molecule has 6 nitrogen and oxygen atoms in total. The van der Waals surface area contributed by atoms with E-state index >= 15 is 0 Å². The van der Waals surface area contributed by atoms with Crippen molar-refractivity contribution in [2.45, 2.75) is 32.7 Å². The highest BCUT2D eigenvalue weighted by Crippen LogP contribution is 2.18. The number of carbonyl (C=O) groups is 2. The molecule has 1 atom stereocenters. The number of carbonyl (C=O) groups excluding carboxylic acids is 2. The highest BCUT2D eigenvalue weighted by atomic mass is 32.1. The number of nitrogens with one attached hydrogen (secondary N) is 2. The van der Waals surface area contributed by atoms with Gasteiger partial charge in [0.15, 0.2) is 0 Å². The van der Waals surface area contributed by atoms with E-state index in [2.05, 4.69) is 15.6 Å². The predicted molar refractivity (Wildman–Crippen MR) is 94.8 cm³/mol. The van der Waals surface area contributed by atoms with Crippen LogP contribution in [0.1, 0.15) is 34.3 Å². The van der Waals surface area contributed by atoms with E-state index in [1.807, 2.05) is 43.5 Å². The third kappa shape index (κ3) is 5.66. The van der Waals surface area contributed by atoms with Crippen molar-refractivity contribution in [3.63, 3.8) is 0 Å². The van der Waals surface area contributed by atoms with Crippen molar-refractivity contribution < 1.29 is 9.59 Å². The molecule has 0 bridgehead atoms. The zero-order chi connectivity index (χ0) is 17.5. The van der Waals surface area contributed by atoms with Crippen molar-refractivity contribution in [2.24, 2.45) is 5.73 Å². The Morgan fingerprint density at radius 2 is 2.12 bits per heavy atom. The van der Waals surface area contributed by atoms with Crippen LogP contribution >= 0.6 is 11.3 Å². The van der Waals surface area contributed by atoms with Crippen LogP contribution < -0.4 is 16.4 Å². The molecular weight excluding hydrogens is 324 g/mol. The van der Waals surface area contributed by atoms with Crippen LogP contribution in [0.15, 0.2) is 29.6 Å². The number of primary amides is 1. The van der Waals surface area contributed by atoms with Crippen LogP contribution in [0.2, 0.25) is 0 Å². The lowest BCUT2D eigenvalue weighted by molar-refractivity contribution is -0.121. The van der Waals surface area contributed by atoms with E-state index in [1.54, 1.807) is 11.3 Å². The lowest BCUT2D eigenvalue weighted by atomic mass is 10.0. The van der Waals surface area contributed by atoms with Gasteiger partial charge < -0.3 is 16.4 Å². The largest absolute Gasteiger partial charge is 0.356 e. The van der Waals surface area contributed by atoms with Crippen LogP contribution in [-0.2, 0) is 11.2 Å². The SMILES string of the molecule is Cc1cccc(C(CC(=O)NCCc2csc(C)n2)NC(N)=O)c1. The van der Waals surface area contributed by atoms with E-state index < -0.39 is 12.1 Å². The highest BCUT2D eigenvalue weighted by Gasteiger charge is 2.17. The first-order chi connectivity index (χ1) is 11.4. The zero-order valence-corrected chi connectivity index (χ0v) is 14.7. The fraction of sp³-hybridized carbons (Fsp3) is 0.353. The second kappa shape index (κ2) is 8.44. The number of nitrogens with zero attached hydrogens (tertiary/aromatic N) is 1. The third-order valence-corrected chi connectivity index (χ3v) is 4.34. The minimum absolute atomic E-state index is 0.137. The summed E-state index contributed by atoms with van der Waals surface area (Å²) in [6.45, 7) is 4.43. The minimum Gasteiger partial charge on any atom is -0.356 e. The Balaban J connectivity index is 1.90. The summed E-state index contributed by atoms with van der Waals surface area (Å²) in [7, 11) is 0. The van der Waals surface area contributed by atoms with E-state index in [9.17, 15) is 9.59 Å². The van der Waals surface area contributed by atoms with Crippen molar-refractivity contribution in [3.05, 3.63) is 51.5 Å². The molecule has 0 saturated heterocycles. The van der Waals surface area contributed by atoms with E-state index in [0.29, 0.717) is 13.0 Å². The summed E-state index contributed by atoms with van der Waals surface area (Å²) in [6, 6.07) is 6.57. The van der Waals surface area contributed by atoms with Gasteiger partial charge in [-0.05, 0) is 19.4 Å². The summed E-state index contributed by atoms with van der Waals surface area (Å²) >= 11 is 1.59. The van der Waals surface area contributed by atoms with Gasteiger partial charge in [0.2, 0.25) is 5.91 Å². The highest BCUT2D eigenvalue weighted by molar-refractivity contribution is 7.09. The van der Waals surface area contributed by atoms with Gasteiger partial charge >= 0.3 is 6.03 Å². The quantitative estimate of drug-likeness (QED) is 0.717. The molecule has 0 aliphatic rings. The van der Waals surface area contributed by atoms with Crippen LogP contribution in [0.25, 0.3) is 0 Å². The molecule has 0 aliphatic heterocycles. The van der Waals surface area contributed by atoms with E-state index in [-0.39, 0.29) is 12.3 Å². The molecule has 7 heteroatoms. The number of aromatic nitrogens is 1. The van der Waals surface area contributed by atoms with Gasteiger partial charge in [0.1, 0.15) is 0 Å². The molecule has 1 aromatic carbocycles. The molecule has 0 spiro atoms. The number of aryl methyl sites for hydroxylation is 2. The van der Waals surface area contributed by atoms with Gasteiger partial charge in [-0.15, -0.1) is 11.3 Å². The van der Waals surface area contributed by atoms with Crippen molar-refractivity contribution in [1.82, 2.24) is 15.6 Å². The molecule has 0 radical (unpaired) electrons. The fourth-order valence-corrected chi connectivity index (χ4v) is 3.07. The van der Waals surface area contributed by atoms with E-state index in [1.165, 1.54) is 0 Å². The first kappa shape index (κ1) is 17.9. The molecular formula is C17H22N4O2S. The van der Waals surface area contributed by atoms with Crippen LogP contribution in [0.5, 0.6) is 0 Å². The van der Waals surface area contributed by atoms with Gasteiger partial charge in [-0.25, -0.2) is 9.78 Å². The standard InChI is InChI=1S/C17H22N4O2S/c1-11-4-3-5-13(8-11)15(21-17(18)23)9-16(22)19-7-6-14-10-24-12(2)20-14/h3-5,8,10,15H,6-7,9H2,1-2H3,(H,19,22)(H3,18,21,23). The number of benzene rings is 1. The van der Waals surface area contributed by atoms with E-state index in [0.717, 1.165) is 21.8 Å². The number of rotatable bonds is 7. The Hall–Kier alpha value is -2.41. The molecule has 4 N–H and O–H groups in total. The molecule has 2 rings (SSSR count). The van der Waals surface area contributed by atoms with Crippen molar-refractivity contribution in [3.8, 4) is 0 Å². The maximum atomic E-state index is 12.2. The summed E-state index contributed by atoms with van der Waals surface area (Å²) in [5.41, 5.74) is 8.13. The molecule has 1 unspecified atom stereocenters. The lowest BCUT2D eigenvalue weighted by Gasteiger charge is -2.18. The molecule has 0 fully saturated rings. The normalized spacial score (nSPS) is 11.8. The van der Waals surface area contributed by atoms with Crippen LogP contribution in [0, 0.1) is 13.8 Å². The molecule has 3 amide bonds. The summed E-state index contributed by atoms with van der Waals surface area (Å²) in [4.78, 5) is 27.7.